The molecule has 28 heavy (non-hydrogen) atoms. The number of rotatable bonds is 7. The first-order chi connectivity index (χ1) is 13.4. The summed E-state index contributed by atoms with van der Waals surface area (Å²) >= 11 is 13.1. The van der Waals surface area contributed by atoms with E-state index in [1.807, 2.05) is 66.0 Å². The monoisotopic (exact) mass is 498 g/mol. The van der Waals surface area contributed by atoms with E-state index in [1.54, 1.807) is 6.21 Å². The third kappa shape index (κ3) is 6.44. The minimum atomic E-state index is -0.0670. The van der Waals surface area contributed by atoms with Gasteiger partial charge in [0.15, 0.2) is 0 Å². The van der Waals surface area contributed by atoms with Gasteiger partial charge in [-0.2, -0.15) is 5.10 Å². The number of ether oxygens (including phenoxy) is 1. The zero-order chi connectivity index (χ0) is 20.0. The molecule has 0 atom stereocenters. The Labute approximate surface area is 187 Å². The Morgan fingerprint density at radius 1 is 1.29 bits per heavy atom. The molecule has 0 spiro atoms. The number of hydrazone groups is 1. The maximum Gasteiger partial charge on any atom is 0.242 e. The van der Waals surface area contributed by atoms with Crippen molar-refractivity contribution in [3.05, 3.63) is 63.1 Å². The van der Waals surface area contributed by atoms with E-state index in [1.165, 1.54) is 0 Å². The molecular weight excluding hydrogens is 480 g/mol. The molecule has 2 aromatic carbocycles. The van der Waals surface area contributed by atoms with Crippen molar-refractivity contribution >= 4 is 63.2 Å². The number of hydrogen-bond acceptors (Lipinski definition) is 5. The number of nitrogens with zero attached hydrogens (tertiary/aromatic N) is 1. The van der Waals surface area contributed by atoms with Gasteiger partial charge in [-0.15, -0.1) is 23.5 Å². The highest BCUT2D eigenvalue weighted by molar-refractivity contribution is 9.10. The van der Waals surface area contributed by atoms with Crippen LogP contribution in [0.25, 0.3) is 0 Å². The molecule has 0 radical (unpaired) electrons. The molecule has 1 heterocycles. The molecule has 1 aliphatic rings. The molecule has 148 valence electrons. The second-order valence-electron chi connectivity index (χ2n) is 6.41. The predicted molar refractivity (Wildman–Crippen MR) is 124 cm³/mol. The quantitative estimate of drug-likeness (QED) is 0.391. The molecule has 0 bridgehead atoms. The second kappa shape index (κ2) is 10.1. The third-order valence-corrected chi connectivity index (χ3v) is 8.21. The Bertz CT molecular complexity index is 856. The lowest BCUT2D eigenvalue weighted by molar-refractivity contribution is -0.121. The fourth-order valence-corrected chi connectivity index (χ4v) is 6.09. The zero-order valence-corrected chi connectivity index (χ0v) is 19.3. The van der Waals surface area contributed by atoms with E-state index in [9.17, 15) is 4.79 Å². The molecule has 0 aromatic heterocycles. The van der Waals surface area contributed by atoms with Crippen molar-refractivity contribution in [1.29, 1.82) is 0 Å². The molecule has 2 aromatic rings. The molecule has 1 fully saturated rings. The highest BCUT2D eigenvalue weighted by Gasteiger charge is 2.32. The Balaban J connectivity index is 1.51. The molecular formula is C20H20BrClN2O2S2. The molecule has 1 N–H and O–H groups in total. The number of amides is 1. The van der Waals surface area contributed by atoms with E-state index >= 15 is 0 Å². The van der Waals surface area contributed by atoms with Crippen LogP contribution in [0.4, 0.5) is 0 Å². The van der Waals surface area contributed by atoms with Gasteiger partial charge < -0.3 is 4.74 Å². The normalized spacial score (nSPS) is 15.7. The fourth-order valence-electron chi connectivity index (χ4n) is 2.63. The van der Waals surface area contributed by atoms with E-state index in [0.29, 0.717) is 18.1 Å². The molecule has 3 rings (SSSR count). The van der Waals surface area contributed by atoms with E-state index in [4.69, 9.17) is 16.3 Å². The first kappa shape index (κ1) is 21.6. The second-order valence-corrected chi connectivity index (χ2v) is 11.2. The topological polar surface area (TPSA) is 50.7 Å². The molecule has 8 heteroatoms. The van der Waals surface area contributed by atoms with Crippen LogP contribution in [0.15, 0.2) is 52.0 Å². The van der Waals surface area contributed by atoms with Crippen molar-refractivity contribution < 1.29 is 9.53 Å². The van der Waals surface area contributed by atoms with Gasteiger partial charge in [0.1, 0.15) is 12.4 Å². The maximum atomic E-state index is 12.1. The molecule has 1 amide bonds. The van der Waals surface area contributed by atoms with Gasteiger partial charge in [-0.25, -0.2) is 5.43 Å². The molecule has 1 aliphatic heterocycles. The van der Waals surface area contributed by atoms with Gasteiger partial charge in [-0.3, -0.25) is 4.79 Å². The highest BCUT2D eigenvalue weighted by atomic mass is 79.9. The van der Waals surface area contributed by atoms with E-state index in [2.05, 4.69) is 33.4 Å². The summed E-state index contributed by atoms with van der Waals surface area (Å²) in [5.74, 6) is 2.86. The summed E-state index contributed by atoms with van der Waals surface area (Å²) in [5, 5.41) is 4.77. The number of carbonyl (C=O) groups excluding carboxylic acids is 1. The van der Waals surface area contributed by atoms with Crippen LogP contribution in [0, 0.1) is 0 Å². The first-order valence-electron chi connectivity index (χ1n) is 8.70. The summed E-state index contributed by atoms with van der Waals surface area (Å²) in [4.78, 5) is 12.1. The maximum absolute atomic E-state index is 12.1. The Morgan fingerprint density at radius 3 is 2.68 bits per heavy atom. The predicted octanol–water partition coefficient (Wildman–Crippen LogP) is 5.72. The first-order valence-corrected chi connectivity index (χ1v) is 11.8. The summed E-state index contributed by atoms with van der Waals surface area (Å²) in [5.41, 5.74) is 4.52. The SMILES string of the molecule is CC1(CC(=O)N/N=C\c2ccc(OCc3ccc(Cl)cc3)c(Br)c2)SCCS1. The van der Waals surface area contributed by atoms with Crippen molar-refractivity contribution in [2.45, 2.75) is 24.0 Å². The summed E-state index contributed by atoms with van der Waals surface area (Å²) in [6, 6.07) is 13.2. The van der Waals surface area contributed by atoms with Crippen LogP contribution < -0.4 is 10.2 Å². The number of hydrogen-bond donors (Lipinski definition) is 1. The van der Waals surface area contributed by atoms with E-state index < -0.39 is 0 Å². The number of benzene rings is 2. The summed E-state index contributed by atoms with van der Waals surface area (Å²) in [6.45, 7) is 2.56. The minimum Gasteiger partial charge on any atom is -0.488 e. The summed E-state index contributed by atoms with van der Waals surface area (Å²) in [6.07, 6.45) is 2.09. The van der Waals surface area contributed by atoms with Crippen LogP contribution >= 0.6 is 51.1 Å². The average Bonchev–Trinajstić information content (AvgIpc) is 3.08. The van der Waals surface area contributed by atoms with Crippen molar-refractivity contribution in [1.82, 2.24) is 5.43 Å². The lowest BCUT2D eigenvalue weighted by atomic mass is 10.2. The fraction of sp³-hybridized carbons (Fsp3) is 0.300. The van der Waals surface area contributed by atoms with Crippen LogP contribution in [-0.4, -0.2) is 27.7 Å². The van der Waals surface area contributed by atoms with Crippen molar-refractivity contribution in [2.75, 3.05) is 11.5 Å². The van der Waals surface area contributed by atoms with Gasteiger partial charge >= 0.3 is 0 Å². The van der Waals surface area contributed by atoms with Gasteiger partial charge in [-0.1, -0.05) is 23.7 Å². The number of thioether (sulfide) groups is 2. The van der Waals surface area contributed by atoms with E-state index in [0.717, 1.165) is 32.9 Å². The minimum absolute atomic E-state index is 0.0360. The third-order valence-electron chi connectivity index (χ3n) is 4.05. The van der Waals surface area contributed by atoms with E-state index in [-0.39, 0.29) is 9.99 Å². The smallest absolute Gasteiger partial charge is 0.242 e. The molecule has 0 unspecified atom stereocenters. The molecule has 0 saturated carbocycles. The van der Waals surface area contributed by atoms with Crippen molar-refractivity contribution in [3.8, 4) is 5.75 Å². The lowest BCUT2D eigenvalue weighted by Gasteiger charge is -2.19. The van der Waals surface area contributed by atoms with Gasteiger partial charge in [0.25, 0.3) is 0 Å². The average molecular weight is 500 g/mol. The standard InChI is InChI=1S/C20H20BrClN2O2S2/c1-20(27-8-9-28-20)11-19(25)24-23-12-15-4-7-18(17(21)10-15)26-13-14-2-5-16(22)6-3-14/h2-7,10,12H,8-9,11,13H2,1H3,(H,24,25)/b23-12-. The van der Waals surface area contributed by atoms with Crippen LogP contribution in [0.2, 0.25) is 5.02 Å². The summed E-state index contributed by atoms with van der Waals surface area (Å²) < 4.78 is 6.62. The van der Waals surface area contributed by atoms with Gasteiger partial charge in [0.05, 0.1) is 21.2 Å². The lowest BCUT2D eigenvalue weighted by Crippen LogP contribution is -2.26. The highest BCUT2D eigenvalue weighted by Crippen LogP contribution is 2.45. The van der Waals surface area contributed by atoms with Crippen molar-refractivity contribution in [2.24, 2.45) is 5.10 Å². The van der Waals surface area contributed by atoms with Crippen LogP contribution in [0.3, 0.4) is 0 Å². The zero-order valence-electron chi connectivity index (χ0n) is 15.3. The van der Waals surface area contributed by atoms with Gasteiger partial charge in [-0.05, 0) is 64.3 Å². The van der Waals surface area contributed by atoms with Crippen LogP contribution in [-0.2, 0) is 11.4 Å². The molecule has 1 saturated heterocycles. The molecule has 0 aliphatic carbocycles. The number of halogens is 2. The largest absolute Gasteiger partial charge is 0.488 e. The van der Waals surface area contributed by atoms with Gasteiger partial charge in [0.2, 0.25) is 5.91 Å². The number of nitrogens with one attached hydrogen (secondary N) is 1. The van der Waals surface area contributed by atoms with Crippen LogP contribution in [0.5, 0.6) is 5.75 Å². The Hall–Kier alpha value is -1.15. The van der Waals surface area contributed by atoms with Gasteiger partial charge in [0, 0.05) is 16.5 Å². The van der Waals surface area contributed by atoms with Crippen LogP contribution in [0.1, 0.15) is 24.5 Å². The molecule has 4 nitrogen and oxygen atoms in total. The number of carbonyl (C=O) groups is 1. The van der Waals surface area contributed by atoms with Crippen molar-refractivity contribution in [3.63, 3.8) is 0 Å². The Kier molecular flexibility index (Phi) is 7.74. The Morgan fingerprint density at radius 2 is 2.00 bits per heavy atom. The summed E-state index contributed by atoms with van der Waals surface area (Å²) in [7, 11) is 0.